The van der Waals surface area contributed by atoms with Gasteiger partial charge in [-0.1, -0.05) is 13.3 Å². The summed E-state index contributed by atoms with van der Waals surface area (Å²) in [6.07, 6.45) is 3.15. The largest absolute Gasteiger partial charge is 0.491 e. The molecule has 2 rings (SSSR count). The molecule has 0 bridgehead atoms. The van der Waals surface area contributed by atoms with Crippen LogP contribution in [0, 0.1) is 5.92 Å². The molecule has 0 aromatic heterocycles. The van der Waals surface area contributed by atoms with E-state index in [-0.39, 0.29) is 17.9 Å². The third kappa shape index (κ3) is 8.05. The van der Waals surface area contributed by atoms with Crippen LogP contribution in [0.2, 0.25) is 0 Å². The molecule has 0 radical (unpaired) electrons. The first-order chi connectivity index (χ1) is 14.6. The molecule has 1 heterocycles. The Bertz CT molecular complexity index is 831. The van der Waals surface area contributed by atoms with Crippen molar-refractivity contribution in [2.45, 2.75) is 52.6 Å². The Labute approximate surface area is 186 Å². The van der Waals surface area contributed by atoms with Gasteiger partial charge in [0.25, 0.3) is 0 Å². The summed E-state index contributed by atoms with van der Waals surface area (Å²) in [7, 11) is -2.02. The summed E-state index contributed by atoms with van der Waals surface area (Å²) in [5.41, 5.74) is 0.378. The summed E-state index contributed by atoms with van der Waals surface area (Å²) >= 11 is 0. The van der Waals surface area contributed by atoms with Crippen molar-refractivity contribution < 1.29 is 22.7 Å². The van der Waals surface area contributed by atoms with Crippen molar-refractivity contribution in [3.05, 3.63) is 24.3 Å². The molecule has 1 aliphatic heterocycles. The lowest BCUT2D eigenvalue weighted by atomic mass is 9.95. The molecule has 8 nitrogen and oxygen atoms in total. The van der Waals surface area contributed by atoms with Gasteiger partial charge in [0.05, 0.1) is 6.10 Å². The minimum Gasteiger partial charge on any atom is -0.491 e. The second-order valence-electron chi connectivity index (χ2n) is 8.32. The quantitative estimate of drug-likeness (QED) is 0.588. The molecule has 9 heteroatoms. The first-order valence-corrected chi connectivity index (χ1v) is 12.6. The Morgan fingerprint density at radius 1 is 1.19 bits per heavy atom. The number of nitrogens with one attached hydrogen (secondary N) is 1. The van der Waals surface area contributed by atoms with Crippen LogP contribution in [-0.4, -0.2) is 68.6 Å². The molecule has 2 amide bonds. The Kier molecular flexibility index (Phi) is 9.15. The Balaban J connectivity index is 1.84. The van der Waals surface area contributed by atoms with E-state index in [1.807, 2.05) is 20.9 Å². The molecule has 0 aliphatic carbocycles. The van der Waals surface area contributed by atoms with E-state index in [2.05, 4.69) is 11.6 Å². The summed E-state index contributed by atoms with van der Waals surface area (Å²) in [5, 5.41) is 0. The molecule has 1 N–H and O–H groups in total. The van der Waals surface area contributed by atoms with Gasteiger partial charge in [0.2, 0.25) is 21.8 Å². The zero-order chi connectivity index (χ0) is 23.0. The topological polar surface area (TPSA) is 96.0 Å². The van der Waals surface area contributed by atoms with Crippen LogP contribution in [0.3, 0.4) is 0 Å². The average Bonchev–Trinajstić information content (AvgIpc) is 2.72. The van der Waals surface area contributed by atoms with Crippen molar-refractivity contribution in [2.24, 2.45) is 5.92 Å². The maximum absolute atomic E-state index is 12.5. The number of hydrogen-bond donors (Lipinski definition) is 1. The van der Waals surface area contributed by atoms with Gasteiger partial charge in [-0.15, -0.1) is 0 Å². The summed E-state index contributed by atoms with van der Waals surface area (Å²) in [6, 6.07) is 6.57. The molecule has 1 fully saturated rings. The van der Waals surface area contributed by atoms with Crippen LogP contribution in [0.5, 0.6) is 5.75 Å². The van der Waals surface area contributed by atoms with Crippen molar-refractivity contribution in [1.29, 1.82) is 0 Å². The number of carbonyl (C=O) groups is 2. The lowest BCUT2D eigenvalue weighted by Crippen LogP contribution is -2.45. The van der Waals surface area contributed by atoms with Crippen LogP contribution in [-0.2, 0) is 19.6 Å². The number of benzene rings is 1. The minimum absolute atomic E-state index is 0.0244. The van der Waals surface area contributed by atoms with E-state index in [4.69, 9.17) is 4.74 Å². The van der Waals surface area contributed by atoms with Crippen molar-refractivity contribution >= 4 is 27.5 Å². The fourth-order valence-corrected chi connectivity index (χ4v) is 4.61. The maximum Gasteiger partial charge on any atom is 0.241 e. The highest BCUT2D eigenvalue weighted by molar-refractivity contribution is 7.93. The van der Waals surface area contributed by atoms with E-state index in [1.165, 1.54) is 4.90 Å². The van der Waals surface area contributed by atoms with Gasteiger partial charge in [0.1, 0.15) is 11.5 Å². The van der Waals surface area contributed by atoms with Gasteiger partial charge >= 0.3 is 0 Å². The number of amides is 2. The van der Waals surface area contributed by atoms with Gasteiger partial charge in [-0.3, -0.25) is 14.3 Å². The van der Waals surface area contributed by atoms with Crippen LogP contribution < -0.4 is 9.46 Å². The number of likely N-dealkylation sites (tertiary alicyclic amines) is 1. The zero-order valence-corrected chi connectivity index (χ0v) is 19.8. The first kappa shape index (κ1) is 25.0. The predicted octanol–water partition coefficient (Wildman–Crippen LogP) is 2.71. The van der Waals surface area contributed by atoms with Gasteiger partial charge in [-0.2, -0.15) is 0 Å². The highest BCUT2D eigenvalue weighted by atomic mass is 32.2. The van der Waals surface area contributed by atoms with Gasteiger partial charge in [0.15, 0.2) is 0 Å². The maximum atomic E-state index is 12.5. The van der Waals surface area contributed by atoms with Crippen LogP contribution in [0.1, 0.15) is 46.5 Å². The van der Waals surface area contributed by atoms with Gasteiger partial charge in [-0.05, 0) is 57.4 Å². The number of unbranched alkanes of at least 4 members (excludes halogenated alkanes) is 1. The molecular formula is C22H35N3O5S. The predicted molar refractivity (Wildman–Crippen MR) is 121 cm³/mol. The number of nitrogens with zero attached hydrogens (tertiary/aromatic N) is 2. The summed E-state index contributed by atoms with van der Waals surface area (Å²) in [6.45, 7) is 7.43. The molecule has 0 atom stereocenters. The third-order valence-electron chi connectivity index (χ3n) is 5.23. The second-order valence-corrected chi connectivity index (χ2v) is 10.0. The zero-order valence-electron chi connectivity index (χ0n) is 19.0. The molecule has 31 heavy (non-hydrogen) atoms. The average molecular weight is 454 g/mol. The normalized spacial score (nSPS) is 15.1. The fraction of sp³-hybridized carbons (Fsp3) is 0.636. The van der Waals surface area contributed by atoms with E-state index in [0.29, 0.717) is 37.4 Å². The monoisotopic (exact) mass is 453 g/mol. The molecule has 1 aliphatic rings. The van der Waals surface area contributed by atoms with Gasteiger partial charge in [-0.25, -0.2) is 8.42 Å². The Morgan fingerprint density at radius 3 is 2.35 bits per heavy atom. The summed E-state index contributed by atoms with van der Waals surface area (Å²) < 4.78 is 32.8. The number of anilines is 1. The van der Waals surface area contributed by atoms with Crippen LogP contribution in [0.25, 0.3) is 0 Å². The summed E-state index contributed by atoms with van der Waals surface area (Å²) in [5.74, 6) is -0.414. The SMILES string of the molecule is CCCCN(C)C(=O)C1CCN(C(=O)CS(=O)(=O)Nc2ccc(OC(C)C)cc2)CC1. The smallest absolute Gasteiger partial charge is 0.241 e. The number of carbonyl (C=O) groups excluding carboxylic acids is 2. The van der Waals surface area contributed by atoms with Crippen molar-refractivity contribution in [2.75, 3.05) is 37.2 Å². The number of ether oxygens (including phenoxy) is 1. The highest BCUT2D eigenvalue weighted by Crippen LogP contribution is 2.21. The van der Waals surface area contributed by atoms with Crippen molar-refractivity contribution in [3.8, 4) is 5.75 Å². The lowest BCUT2D eigenvalue weighted by Gasteiger charge is -2.33. The summed E-state index contributed by atoms with van der Waals surface area (Å²) in [4.78, 5) is 28.3. The van der Waals surface area contributed by atoms with Gasteiger partial charge in [0, 0.05) is 38.3 Å². The van der Waals surface area contributed by atoms with Crippen LogP contribution in [0.15, 0.2) is 24.3 Å². The lowest BCUT2D eigenvalue weighted by molar-refractivity contribution is -0.139. The van der Waals surface area contributed by atoms with Gasteiger partial charge < -0.3 is 14.5 Å². The van der Waals surface area contributed by atoms with Crippen LogP contribution >= 0.6 is 0 Å². The highest BCUT2D eigenvalue weighted by Gasteiger charge is 2.30. The number of hydrogen-bond acceptors (Lipinski definition) is 5. The Hall–Kier alpha value is -2.29. The van der Waals surface area contributed by atoms with E-state index < -0.39 is 21.7 Å². The molecule has 174 valence electrons. The minimum atomic E-state index is -3.83. The van der Waals surface area contributed by atoms with E-state index >= 15 is 0 Å². The number of rotatable bonds is 10. The third-order valence-corrected chi connectivity index (χ3v) is 6.41. The first-order valence-electron chi connectivity index (χ1n) is 10.9. The number of sulfonamides is 1. The standard InChI is InChI=1S/C22H35N3O5S/c1-5-6-13-24(4)22(27)18-11-14-25(15-12-18)21(26)16-31(28,29)23-19-7-9-20(10-8-19)30-17(2)3/h7-10,17-18,23H,5-6,11-16H2,1-4H3. The fourth-order valence-electron chi connectivity index (χ4n) is 3.54. The molecule has 1 aromatic carbocycles. The van der Waals surface area contributed by atoms with E-state index in [0.717, 1.165) is 19.4 Å². The molecule has 1 aromatic rings. The molecular weight excluding hydrogens is 418 g/mol. The molecule has 0 saturated carbocycles. The molecule has 0 unspecified atom stereocenters. The van der Waals surface area contributed by atoms with E-state index in [9.17, 15) is 18.0 Å². The van der Waals surface area contributed by atoms with Crippen molar-refractivity contribution in [3.63, 3.8) is 0 Å². The van der Waals surface area contributed by atoms with Crippen molar-refractivity contribution in [1.82, 2.24) is 9.80 Å². The second kappa shape index (κ2) is 11.4. The Morgan fingerprint density at radius 2 is 1.81 bits per heavy atom. The van der Waals surface area contributed by atoms with Crippen LogP contribution in [0.4, 0.5) is 5.69 Å². The molecule has 0 spiro atoms. The van der Waals surface area contributed by atoms with E-state index in [1.54, 1.807) is 29.2 Å². The number of piperidine rings is 1. The molecule has 1 saturated heterocycles.